The summed E-state index contributed by atoms with van der Waals surface area (Å²) >= 11 is 17.9. The molecule has 0 saturated heterocycles. The van der Waals surface area contributed by atoms with Crippen molar-refractivity contribution >= 4 is 51.5 Å². The predicted molar refractivity (Wildman–Crippen MR) is 84.8 cm³/mol. The van der Waals surface area contributed by atoms with E-state index >= 15 is 0 Å². The van der Waals surface area contributed by atoms with Crippen molar-refractivity contribution in [3.05, 3.63) is 56.8 Å². The molecule has 1 aromatic heterocycles. The van der Waals surface area contributed by atoms with E-state index in [9.17, 15) is 0 Å². The van der Waals surface area contributed by atoms with Gasteiger partial charge in [-0.1, -0.05) is 40.9 Å². The minimum atomic E-state index is 0.530. The number of hydrogen-bond donors (Lipinski definition) is 2. The topological polar surface area (TPSA) is 54.7 Å². The van der Waals surface area contributed by atoms with Crippen molar-refractivity contribution < 1.29 is 0 Å². The summed E-state index contributed by atoms with van der Waals surface area (Å²) in [6, 6.07) is 9.00. The molecule has 3 N–H and O–H groups in total. The Bertz CT molecular complexity index is 796. The first-order chi connectivity index (χ1) is 9.52. The highest BCUT2D eigenvalue weighted by atomic mass is 35.5. The highest BCUT2D eigenvalue weighted by Gasteiger charge is 2.08. The average molecular weight is 327 g/mol. The molecule has 2 aromatic carbocycles. The summed E-state index contributed by atoms with van der Waals surface area (Å²) in [6.07, 6.45) is 0.614. The number of benzene rings is 2. The maximum absolute atomic E-state index is 6.00. The number of nitrogens with two attached hydrogens (primary N) is 1. The highest BCUT2D eigenvalue weighted by molar-refractivity contribution is 6.42. The van der Waals surface area contributed by atoms with Gasteiger partial charge in [0.05, 0.1) is 21.2 Å². The van der Waals surface area contributed by atoms with Crippen molar-refractivity contribution in [2.75, 3.05) is 5.73 Å². The van der Waals surface area contributed by atoms with E-state index in [1.54, 1.807) is 18.2 Å². The molecule has 0 spiro atoms. The lowest BCUT2D eigenvalue weighted by Gasteiger charge is -2.00. The van der Waals surface area contributed by atoms with E-state index in [-0.39, 0.29) is 0 Å². The number of nitrogens with one attached hydrogen (secondary N) is 1. The van der Waals surface area contributed by atoms with Crippen LogP contribution in [0.3, 0.4) is 0 Å². The van der Waals surface area contributed by atoms with Crippen LogP contribution in [0, 0.1) is 0 Å². The summed E-state index contributed by atoms with van der Waals surface area (Å²) in [5.74, 6) is 0.798. The third-order valence-corrected chi connectivity index (χ3v) is 3.94. The van der Waals surface area contributed by atoms with E-state index in [0.29, 0.717) is 27.2 Å². The lowest BCUT2D eigenvalue weighted by molar-refractivity contribution is 1.04. The maximum Gasteiger partial charge on any atom is 0.112 e. The average Bonchev–Trinajstić information content (AvgIpc) is 2.76. The summed E-state index contributed by atoms with van der Waals surface area (Å²) in [7, 11) is 0. The first-order valence-corrected chi connectivity index (χ1v) is 7.04. The number of imidazole rings is 1. The van der Waals surface area contributed by atoms with Gasteiger partial charge in [0.15, 0.2) is 0 Å². The normalized spacial score (nSPS) is 11.2. The Morgan fingerprint density at radius 3 is 2.60 bits per heavy atom. The minimum absolute atomic E-state index is 0.530. The number of fused-ring (bicyclic) bond motifs is 1. The number of anilines is 1. The molecule has 0 atom stereocenters. The minimum Gasteiger partial charge on any atom is -0.397 e. The van der Waals surface area contributed by atoms with Crippen LogP contribution in [0.5, 0.6) is 0 Å². The molecule has 0 aliphatic carbocycles. The van der Waals surface area contributed by atoms with Crippen molar-refractivity contribution in [3.8, 4) is 0 Å². The zero-order chi connectivity index (χ0) is 14.3. The first-order valence-electron chi connectivity index (χ1n) is 5.90. The van der Waals surface area contributed by atoms with Crippen LogP contribution < -0.4 is 5.73 Å². The van der Waals surface area contributed by atoms with E-state index in [2.05, 4.69) is 9.97 Å². The molecule has 0 saturated carbocycles. The SMILES string of the molecule is Nc1cc(Cl)cc2[nH]c(Cc3ccc(Cl)c(Cl)c3)nc12. The van der Waals surface area contributed by atoms with Crippen LogP contribution in [0.4, 0.5) is 5.69 Å². The van der Waals surface area contributed by atoms with E-state index < -0.39 is 0 Å². The van der Waals surface area contributed by atoms with Gasteiger partial charge in [0, 0.05) is 11.4 Å². The van der Waals surface area contributed by atoms with Crippen LogP contribution in [0.2, 0.25) is 15.1 Å². The summed E-state index contributed by atoms with van der Waals surface area (Å²) in [4.78, 5) is 7.69. The number of H-pyrrole nitrogens is 1. The van der Waals surface area contributed by atoms with Crippen LogP contribution in [-0.4, -0.2) is 9.97 Å². The van der Waals surface area contributed by atoms with Crippen molar-refractivity contribution in [3.63, 3.8) is 0 Å². The van der Waals surface area contributed by atoms with E-state index in [0.717, 1.165) is 22.4 Å². The fourth-order valence-corrected chi connectivity index (χ4v) is 2.63. The number of hydrogen-bond acceptors (Lipinski definition) is 2. The van der Waals surface area contributed by atoms with Gasteiger partial charge in [-0.15, -0.1) is 0 Å². The number of nitrogens with zero attached hydrogens (tertiary/aromatic N) is 1. The Morgan fingerprint density at radius 2 is 1.85 bits per heavy atom. The van der Waals surface area contributed by atoms with Gasteiger partial charge in [0.2, 0.25) is 0 Å². The highest BCUT2D eigenvalue weighted by Crippen LogP contribution is 2.26. The van der Waals surface area contributed by atoms with Crippen molar-refractivity contribution in [1.29, 1.82) is 0 Å². The van der Waals surface area contributed by atoms with Gasteiger partial charge in [-0.3, -0.25) is 0 Å². The monoisotopic (exact) mass is 325 g/mol. The van der Waals surface area contributed by atoms with Gasteiger partial charge < -0.3 is 10.7 Å². The number of aromatic nitrogens is 2. The Morgan fingerprint density at radius 1 is 1.05 bits per heavy atom. The van der Waals surface area contributed by atoms with Crippen LogP contribution in [-0.2, 0) is 6.42 Å². The van der Waals surface area contributed by atoms with E-state index in [4.69, 9.17) is 40.5 Å². The molecule has 0 bridgehead atoms. The molecule has 1 heterocycles. The smallest absolute Gasteiger partial charge is 0.112 e. The third kappa shape index (κ3) is 2.57. The zero-order valence-corrected chi connectivity index (χ0v) is 12.5. The van der Waals surface area contributed by atoms with Crippen LogP contribution in [0.25, 0.3) is 11.0 Å². The van der Waals surface area contributed by atoms with Crippen molar-refractivity contribution in [2.24, 2.45) is 0 Å². The number of halogens is 3. The van der Waals surface area contributed by atoms with Crippen LogP contribution >= 0.6 is 34.8 Å². The molecule has 3 aromatic rings. The zero-order valence-electron chi connectivity index (χ0n) is 10.3. The Balaban J connectivity index is 1.98. The predicted octanol–water partition coefficient (Wildman–Crippen LogP) is 4.70. The van der Waals surface area contributed by atoms with Gasteiger partial charge in [0.1, 0.15) is 11.3 Å². The van der Waals surface area contributed by atoms with Gasteiger partial charge in [-0.05, 0) is 29.8 Å². The van der Waals surface area contributed by atoms with Crippen LogP contribution in [0.15, 0.2) is 30.3 Å². The molecular formula is C14H10Cl3N3. The van der Waals surface area contributed by atoms with E-state index in [1.807, 2.05) is 12.1 Å². The second-order valence-corrected chi connectivity index (χ2v) is 5.75. The summed E-state index contributed by atoms with van der Waals surface area (Å²) in [6.45, 7) is 0. The lowest BCUT2D eigenvalue weighted by atomic mass is 10.1. The molecule has 0 aliphatic rings. The van der Waals surface area contributed by atoms with E-state index in [1.165, 1.54) is 0 Å². The van der Waals surface area contributed by atoms with Gasteiger partial charge in [-0.2, -0.15) is 0 Å². The Kier molecular flexibility index (Phi) is 3.50. The molecule has 20 heavy (non-hydrogen) atoms. The van der Waals surface area contributed by atoms with Gasteiger partial charge in [-0.25, -0.2) is 4.98 Å². The quantitative estimate of drug-likeness (QED) is 0.671. The Hall–Kier alpha value is -1.42. The second-order valence-electron chi connectivity index (χ2n) is 4.50. The molecule has 0 radical (unpaired) electrons. The third-order valence-electron chi connectivity index (χ3n) is 2.99. The number of aromatic amines is 1. The fourth-order valence-electron chi connectivity index (χ4n) is 2.09. The molecule has 0 unspecified atom stereocenters. The largest absolute Gasteiger partial charge is 0.397 e. The first kappa shape index (κ1) is 13.6. The molecule has 0 fully saturated rings. The molecule has 3 rings (SSSR count). The molecule has 102 valence electrons. The van der Waals surface area contributed by atoms with Gasteiger partial charge in [0.25, 0.3) is 0 Å². The van der Waals surface area contributed by atoms with Crippen molar-refractivity contribution in [1.82, 2.24) is 9.97 Å². The van der Waals surface area contributed by atoms with Gasteiger partial charge >= 0.3 is 0 Å². The molecular weight excluding hydrogens is 317 g/mol. The molecule has 0 amide bonds. The standard InChI is InChI=1S/C14H10Cl3N3/c15-8-5-11(18)14-12(6-8)19-13(20-14)4-7-1-2-9(16)10(17)3-7/h1-3,5-6H,4,18H2,(H,19,20). The number of rotatable bonds is 2. The molecule has 6 heteroatoms. The second kappa shape index (κ2) is 5.17. The number of nitrogen functional groups attached to an aromatic ring is 1. The van der Waals surface area contributed by atoms with Crippen LogP contribution in [0.1, 0.15) is 11.4 Å². The summed E-state index contributed by atoms with van der Waals surface area (Å²) in [5.41, 5.74) is 9.03. The fraction of sp³-hybridized carbons (Fsp3) is 0.0714. The lowest BCUT2D eigenvalue weighted by Crippen LogP contribution is -1.91. The molecule has 3 nitrogen and oxygen atoms in total. The summed E-state index contributed by atoms with van der Waals surface area (Å²) in [5, 5.41) is 1.65. The maximum atomic E-state index is 6.00. The Labute approximate surface area is 130 Å². The molecule has 0 aliphatic heterocycles. The van der Waals surface area contributed by atoms with Crippen molar-refractivity contribution in [2.45, 2.75) is 6.42 Å². The summed E-state index contributed by atoms with van der Waals surface area (Å²) < 4.78 is 0.